The molecule has 0 aromatic carbocycles. The quantitative estimate of drug-likeness (QED) is 0.948. The fourth-order valence-electron chi connectivity index (χ4n) is 2.98. The van der Waals surface area contributed by atoms with Crippen LogP contribution in [0.15, 0.2) is 16.9 Å². The predicted octanol–water partition coefficient (Wildman–Crippen LogP) is 2.58. The largest absolute Gasteiger partial charge is 0.310 e. The van der Waals surface area contributed by atoms with Crippen molar-refractivity contribution in [1.29, 1.82) is 0 Å². The van der Waals surface area contributed by atoms with Gasteiger partial charge in [0.05, 0.1) is 11.3 Å². The van der Waals surface area contributed by atoms with Gasteiger partial charge in [0.2, 0.25) is 0 Å². The van der Waals surface area contributed by atoms with E-state index in [1.165, 1.54) is 22.6 Å². The maximum absolute atomic E-state index is 12.3. The molecule has 110 valence electrons. The normalized spacial score (nSPS) is 18.7. The highest BCUT2D eigenvalue weighted by atomic mass is 32.1. The first-order valence-electron chi connectivity index (χ1n) is 7.58. The van der Waals surface area contributed by atoms with Crippen LogP contribution in [0.4, 0.5) is 0 Å². The molecule has 1 saturated carbocycles. The number of aromatic nitrogens is 2. The Bertz CT molecular complexity index is 729. The molecule has 2 aliphatic rings. The summed E-state index contributed by atoms with van der Waals surface area (Å²) >= 11 is 1.84. The highest BCUT2D eigenvalue weighted by molar-refractivity contribution is 7.11. The smallest absolute Gasteiger partial charge is 0.255 e. The summed E-state index contributed by atoms with van der Waals surface area (Å²) in [6, 6.07) is 4.35. The highest BCUT2D eigenvalue weighted by Gasteiger charge is 2.29. The van der Waals surface area contributed by atoms with Gasteiger partial charge < -0.3 is 4.98 Å². The number of hydrogen-bond acceptors (Lipinski definition) is 4. The summed E-state index contributed by atoms with van der Waals surface area (Å²) in [7, 11) is 0. The molecule has 0 saturated heterocycles. The van der Waals surface area contributed by atoms with Crippen molar-refractivity contribution in [1.82, 2.24) is 14.9 Å². The molecule has 2 aromatic rings. The lowest BCUT2D eigenvalue weighted by molar-refractivity contribution is 0.243. The summed E-state index contributed by atoms with van der Waals surface area (Å²) in [4.78, 5) is 25.1. The second-order valence-electron chi connectivity index (χ2n) is 6.12. The number of rotatable bonds is 3. The molecule has 5 heteroatoms. The fourth-order valence-corrected chi connectivity index (χ4v) is 3.91. The van der Waals surface area contributed by atoms with E-state index in [-0.39, 0.29) is 5.56 Å². The van der Waals surface area contributed by atoms with Gasteiger partial charge in [-0.05, 0) is 31.9 Å². The van der Waals surface area contributed by atoms with Crippen LogP contribution in [0.3, 0.4) is 0 Å². The van der Waals surface area contributed by atoms with Crippen molar-refractivity contribution in [3.8, 4) is 0 Å². The molecule has 4 nitrogen and oxygen atoms in total. The average Bonchev–Trinajstić information content (AvgIpc) is 3.24. The molecule has 21 heavy (non-hydrogen) atoms. The van der Waals surface area contributed by atoms with Crippen LogP contribution in [-0.2, 0) is 19.5 Å². The molecule has 0 radical (unpaired) electrons. The summed E-state index contributed by atoms with van der Waals surface area (Å²) in [6.45, 7) is 4.78. The lowest BCUT2D eigenvalue weighted by Crippen LogP contribution is -2.35. The SMILES string of the molecule is Cc1ccc(CN2CCc3nc(C4CC4)[nH]c(=O)c3C2)s1. The molecule has 1 fully saturated rings. The number of aryl methyl sites for hydroxylation is 1. The molecule has 0 unspecified atom stereocenters. The molecule has 1 aliphatic heterocycles. The molecule has 0 amide bonds. The van der Waals surface area contributed by atoms with Crippen molar-refractivity contribution in [2.75, 3.05) is 6.54 Å². The molecule has 1 N–H and O–H groups in total. The number of nitrogens with zero attached hydrogens (tertiary/aromatic N) is 2. The Balaban J connectivity index is 1.55. The number of thiophene rings is 1. The van der Waals surface area contributed by atoms with Crippen LogP contribution in [0, 0.1) is 6.92 Å². The lowest BCUT2D eigenvalue weighted by Gasteiger charge is -2.27. The maximum Gasteiger partial charge on any atom is 0.255 e. The van der Waals surface area contributed by atoms with Crippen molar-refractivity contribution in [2.45, 2.75) is 45.2 Å². The van der Waals surface area contributed by atoms with E-state index in [0.29, 0.717) is 5.92 Å². The number of hydrogen-bond donors (Lipinski definition) is 1. The van der Waals surface area contributed by atoms with Crippen LogP contribution in [0.1, 0.15) is 45.6 Å². The third-order valence-corrected chi connectivity index (χ3v) is 5.29. The number of aromatic amines is 1. The summed E-state index contributed by atoms with van der Waals surface area (Å²) in [5.41, 5.74) is 1.98. The summed E-state index contributed by atoms with van der Waals surface area (Å²) < 4.78 is 0. The van der Waals surface area contributed by atoms with Crippen LogP contribution in [0.25, 0.3) is 0 Å². The minimum atomic E-state index is 0.0777. The van der Waals surface area contributed by atoms with Crippen molar-refractivity contribution < 1.29 is 0 Å². The molecular weight excluding hydrogens is 282 g/mol. The average molecular weight is 301 g/mol. The maximum atomic E-state index is 12.3. The minimum Gasteiger partial charge on any atom is -0.310 e. The molecule has 4 rings (SSSR count). The van der Waals surface area contributed by atoms with Gasteiger partial charge in [0, 0.05) is 41.7 Å². The van der Waals surface area contributed by atoms with Crippen molar-refractivity contribution >= 4 is 11.3 Å². The molecule has 2 aromatic heterocycles. The van der Waals surface area contributed by atoms with E-state index in [0.717, 1.165) is 43.1 Å². The van der Waals surface area contributed by atoms with E-state index >= 15 is 0 Å². The van der Waals surface area contributed by atoms with Crippen molar-refractivity contribution in [3.05, 3.63) is 49.3 Å². The highest BCUT2D eigenvalue weighted by Crippen LogP contribution is 2.37. The van der Waals surface area contributed by atoms with Crippen LogP contribution in [-0.4, -0.2) is 21.4 Å². The van der Waals surface area contributed by atoms with E-state index in [9.17, 15) is 4.79 Å². The lowest BCUT2D eigenvalue weighted by atomic mass is 10.1. The zero-order valence-electron chi connectivity index (χ0n) is 12.2. The van der Waals surface area contributed by atoms with Gasteiger partial charge in [-0.25, -0.2) is 4.98 Å². The minimum absolute atomic E-state index is 0.0777. The van der Waals surface area contributed by atoms with E-state index in [4.69, 9.17) is 4.98 Å². The summed E-state index contributed by atoms with van der Waals surface area (Å²) in [5.74, 6) is 1.43. The summed E-state index contributed by atoms with van der Waals surface area (Å²) in [6.07, 6.45) is 3.24. The van der Waals surface area contributed by atoms with Gasteiger partial charge in [0.25, 0.3) is 5.56 Å². The van der Waals surface area contributed by atoms with Crippen LogP contribution in [0.5, 0.6) is 0 Å². The Labute approximate surface area is 127 Å². The third kappa shape index (κ3) is 2.68. The first kappa shape index (κ1) is 13.2. The zero-order valence-corrected chi connectivity index (χ0v) is 13.0. The third-order valence-electron chi connectivity index (χ3n) is 4.31. The van der Waals surface area contributed by atoms with Crippen LogP contribution in [0.2, 0.25) is 0 Å². The van der Waals surface area contributed by atoms with Gasteiger partial charge in [-0.2, -0.15) is 0 Å². The molecule has 1 aliphatic carbocycles. The van der Waals surface area contributed by atoms with Gasteiger partial charge in [-0.1, -0.05) is 0 Å². The van der Waals surface area contributed by atoms with Crippen molar-refractivity contribution in [2.24, 2.45) is 0 Å². The molecular formula is C16H19N3OS. The Hall–Kier alpha value is -1.46. The molecule has 3 heterocycles. The van der Waals surface area contributed by atoms with Crippen molar-refractivity contribution in [3.63, 3.8) is 0 Å². The van der Waals surface area contributed by atoms with Crippen LogP contribution < -0.4 is 5.56 Å². The molecule has 0 atom stereocenters. The van der Waals surface area contributed by atoms with E-state index < -0.39 is 0 Å². The second-order valence-corrected chi connectivity index (χ2v) is 7.50. The van der Waals surface area contributed by atoms with Gasteiger partial charge in [-0.15, -0.1) is 11.3 Å². The first-order chi connectivity index (χ1) is 10.2. The van der Waals surface area contributed by atoms with Gasteiger partial charge in [0.1, 0.15) is 5.82 Å². The van der Waals surface area contributed by atoms with Crippen LogP contribution >= 0.6 is 11.3 Å². The number of fused-ring (bicyclic) bond motifs is 1. The number of H-pyrrole nitrogens is 1. The second kappa shape index (κ2) is 5.07. The Morgan fingerprint density at radius 3 is 3.00 bits per heavy atom. The number of nitrogens with one attached hydrogen (secondary N) is 1. The van der Waals surface area contributed by atoms with E-state index in [1.807, 2.05) is 11.3 Å². The standard InChI is InChI=1S/C16H19N3OS/c1-10-2-5-12(21-10)8-19-7-6-14-13(9-19)16(20)18-15(17-14)11-3-4-11/h2,5,11H,3-4,6-9H2,1H3,(H,17,18,20). The molecule has 0 spiro atoms. The van der Waals surface area contributed by atoms with E-state index in [1.54, 1.807) is 0 Å². The van der Waals surface area contributed by atoms with Gasteiger partial charge in [-0.3, -0.25) is 9.69 Å². The van der Waals surface area contributed by atoms with E-state index in [2.05, 4.69) is 28.9 Å². The Kier molecular flexibility index (Phi) is 3.19. The Morgan fingerprint density at radius 2 is 2.29 bits per heavy atom. The predicted molar refractivity (Wildman–Crippen MR) is 83.7 cm³/mol. The summed E-state index contributed by atoms with van der Waals surface area (Å²) in [5, 5.41) is 0. The Morgan fingerprint density at radius 1 is 1.43 bits per heavy atom. The van der Waals surface area contributed by atoms with Gasteiger partial charge in [0.15, 0.2) is 0 Å². The fraction of sp³-hybridized carbons (Fsp3) is 0.500. The monoisotopic (exact) mass is 301 g/mol. The zero-order chi connectivity index (χ0) is 14.4. The van der Waals surface area contributed by atoms with Gasteiger partial charge >= 0.3 is 0 Å². The molecule has 0 bridgehead atoms. The topological polar surface area (TPSA) is 49.0 Å². The first-order valence-corrected chi connectivity index (χ1v) is 8.40.